The molecule has 140 valence electrons. The maximum atomic E-state index is 11.0. The van der Waals surface area contributed by atoms with E-state index in [-0.39, 0.29) is 5.69 Å². The molecule has 0 unspecified atom stereocenters. The van der Waals surface area contributed by atoms with E-state index >= 15 is 0 Å². The van der Waals surface area contributed by atoms with Gasteiger partial charge in [-0.15, -0.1) is 11.3 Å². The van der Waals surface area contributed by atoms with Gasteiger partial charge < -0.3 is 5.32 Å². The second kappa shape index (κ2) is 7.88. The average molecular weight is 399 g/mol. The van der Waals surface area contributed by atoms with Gasteiger partial charge in [0.05, 0.1) is 16.1 Å². The first-order valence-corrected chi connectivity index (χ1v) is 9.44. The second-order valence-electron chi connectivity index (χ2n) is 6.07. The topological polar surface area (TPSA) is 105 Å². The van der Waals surface area contributed by atoms with Crippen LogP contribution in [0, 0.1) is 21.4 Å². The largest absolute Gasteiger partial charge is 0.360 e. The van der Waals surface area contributed by atoms with Crippen molar-refractivity contribution in [3.05, 3.63) is 87.5 Å². The predicted octanol–water partition coefficient (Wildman–Crippen LogP) is 5.24. The molecule has 0 fully saturated rings. The SMILES string of the molecule is N#C/C(=C\Nc1ccc2ncccc2c1)c1nc(-c2cccc([N+](=O)[O-])c2)cs1. The first-order valence-electron chi connectivity index (χ1n) is 8.56. The molecule has 7 nitrogen and oxygen atoms in total. The van der Waals surface area contributed by atoms with Crippen LogP contribution in [-0.2, 0) is 0 Å². The third-order valence-electron chi connectivity index (χ3n) is 4.19. The van der Waals surface area contributed by atoms with Crippen LogP contribution in [0.4, 0.5) is 11.4 Å². The number of hydrogen-bond acceptors (Lipinski definition) is 7. The molecule has 2 aromatic carbocycles. The van der Waals surface area contributed by atoms with Crippen LogP contribution in [0.1, 0.15) is 5.01 Å². The van der Waals surface area contributed by atoms with Crippen LogP contribution in [0.3, 0.4) is 0 Å². The smallest absolute Gasteiger partial charge is 0.270 e. The zero-order valence-electron chi connectivity index (χ0n) is 14.9. The molecule has 4 rings (SSSR count). The van der Waals surface area contributed by atoms with Gasteiger partial charge in [-0.3, -0.25) is 15.1 Å². The summed E-state index contributed by atoms with van der Waals surface area (Å²) in [5.41, 5.74) is 3.32. The fourth-order valence-electron chi connectivity index (χ4n) is 2.77. The monoisotopic (exact) mass is 399 g/mol. The van der Waals surface area contributed by atoms with Gasteiger partial charge in [0, 0.05) is 46.5 Å². The highest BCUT2D eigenvalue weighted by molar-refractivity contribution is 7.11. The minimum absolute atomic E-state index is 0.000518. The van der Waals surface area contributed by atoms with Gasteiger partial charge in [-0.2, -0.15) is 5.26 Å². The predicted molar refractivity (Wildman–Crippen MR) is 113 cm³/mol. The van der Waals surface area contributed by atoms with Crippen molar-refractivity contribution in [3.63, 3.8) is 0 Å². The van der Waals surface area contributed by atoms with E-state index < -0.39 is 4.92 Å². The van der Waals surface area contributed by atoms with E-state index in [0.717, 1.165) is 16.6 Å². The Morgan fingerprint density at radius 2 is 2.10 bits per heavy atom. The summed E-state index contributed by atoms with van der Waals surface area (Å²) in [5.74, 6) is 0. The molecule has 0 aliphatic carbocycles. The van der Waals surface area contributed by atoms with Gasteiger partial charge in [0.15, 0.2) is 0 Å². The van der Waals surface area contributed by atoms with Crippen molar-refractivity contribution in [3.8, 4) is 17.3 Å². The van der Waals surface area contributed by atoms with Crippen molar-refractivity contribution in [1.82, 2.24) is 9.97 Å². The molecule has 29 heavy (non-hydrogen) atoms. The first kappa shape index (κ1) is 18.3. The van der Waals surface area contributed by atoms with Gasteiger partial charge in [0.25, 0.3) is 5.69 Å². The number of nitrogens with zero attached hydrogens (tertiary/aromatic N) is 4. The highest BCUT2D eigenvalue weighted by Gasteiger charge is 2.12. The number of anilines is 1. The van der Waals surface area contributed by atoms with Crippen molar-refractivity contribution in [2.24, 2.45) is 0 Å². The quantitative estimate of drug-likeness (QED) is 0.279. The molecule has 0 radical (unpaired) electrons. The lowest BCUT2D eigenvalue weighted by molar-refractivity contribution is -0.384. The molecule has 1 N–H and O–H groups in total. The van der Waals surface area contributed by atoms with Crippen LogP contribution in [0.2, 0.25) is 0 Å². The number of aromatic nitrogens is 2. The van der Waals surface area contributed by atoms with E-state index in [1.54, 1.807) is 29.9 Å². The molecule has 4 aromatic rings. The minimum atomic E-state index is -0.444. The molecule has 2 aromatic heterocycles. The summed E-state index contributed by atoms with van der Waals surface area (Å²) in [7, 11) is 0. The van der Waals surface area contributed by atoms with E-state index in [1.165, 1.54) is 23.5 Å². The highest BCUT2D eigenvalue weighted by atomic mass is 32.1. The van der Waals surface area contributed by atoms with Gasteiger partial charge >= 0.3 is 0 Å². The lowest BCUT2D eigenvalue weighted by atomic mass is 10.1. The number of rotatable bonds is 5. The van der Waals surface area contributed by atoms with Crippen molar-refractivity contribution >= 4 is 39.2 Å². The lowest BCUT2D eigenvalue weighted by Gasteiger charge is -2.03. The normalized spacial score (nSPS) is 11.2. The number of nitro groups is 1. The average Bonchev–Trinajstić information content (AvgIpc) is 3.24. The van der Waals surface area contributed by atoms with Gasteiger partial charge in [0.2, 0.25) is 0 Å². The molecule has 0 amide bonds. The molecule has 0 saturated carbocycles. The number of benzene rings is 2. The summed E-state index contributed by atoms with van der Waals surface area (Å²) in [6.45, 7) is 0. The number of nitriles is 1. The zero-order valence-corrected chi connectivity index (χ0v) is 15.8. The first-order chi connectivity index (χ1) is 14.1. The van der Waals surface area contributed by atoms with E-state index in [1.807, 2.05) is 30.3 Å². The number of hydrogen-bond donors (Lipinski definition) is 1. The number of thiazole rings is 1. The molecule has 0 aliphatic heterocycles. The maximum absolute atomic E-state index is 11.0. The fourth-order valence-corrected chi connectivity index (χ4v) is 3.57. The number of nitrogens with one attached hydrogen (secondary N) is 1. The molecule has 2 heterocycles. The molecule has 0 spiro atoms. The summed E-state index contributed by atoms with van der Waals surface area (Å²) in [6, 6.07) is 18.0. The van der Waals surface area contributed by atoms with Crippen molar-refractivity contribution in [1.29, 1.82) is 5.26 Å². The van der Waals surface area contributed by atoms with Crippen LogP contribution in [0.5, 0.6) is 0 Å². The Bertz CT molecular complexity index is 1290. The van der Waals surface area contributed by atoms with Crippen LogP contribution >= 0.6 is 11.3 Å². The summed E-state index contributed by atoms with van der Waals surface area (Å²) < 4.78 is 0. The number of pyridine rings is 1. The number of non-ortho nitro benzene ring substituents is 1. The highest BCUT2D eigenvalue weighted by Crippen LogP contribution is 2.28. The van der Waals surface area contributed by atoms with Crippen molar-refractivity contribution in [2.75, 3.05) is 5.32 Å². The van der Waals surface area contributed by atoms with Crippen LogP contribution in [0.25, 0.3) is 27.7 Å². The van der Waals surface area contributed by atoms with Crippen molar-refractivity contribution < 1.29 is 4.92 Å². The van der Waals surface area contributed by atoms with Crippen LogP contribution < -0.4 is 5.32 Å². The Kier molecular flexibility index (Phi) is 4.97. The fraction of sp³-hybridized carbons (Fsp3) is 0. The molecule has 0 atom stereocenters. The van der Waals surface area contributed by atoms with Crippen LogP contribution in [-0.4, -0.2) is 14.9 Å². The van der Waals surface area contributed by atoms with Gasteiger partial charge in [0.1, 0.15) is 16.6 Å². The van der Waals surface area contributed by atoms with E-state index in [9.17, 15) is 15.4 Å². The molecule has 0 bridgehead atoms. The Morgan fingerprint density at radius 3 is 2.93 bits per heavy atom. The molecular formula is C21H13N5O2S. The Labute approximate surface area is 169 Å². The molecular weight excluding hydrogens is 386 g/mol. The summed E-state index contributed by atoms with van der Waals surface area (Å²) >= 11 is 1.31. The van der Waals surface area contributed by atoms with Gasteiger partial charge in [-0.1, -0.05) is 18.2 Å². The number of fused-ring (bicyclic) bond motifs is 1. The Hall–Kier alpha value is -4.09. The molecule has 0 aliphatic rings. The van der Waals surface area contributed by atoms with E-state index in [4.69, 9.17) is 0 Å². The standard InChI is InChI=1S/C21H13N5O2S/c22-11-16(12-24-17-6-7-19-14(9-17)4-2-8-23-19)21-25-20(13-29-21)15-3-1-5-18(10-15)26(27)28/h1-10,12-13,24H/b16-12+. The second-order valence-corrected chi connectivity index (χ2v) is 6.93. The Morgan fingerprint density at radius 1 is 1.21 bits per heavy atom. The van der Waals surface area contributed by atoms with Crippen LogP contribution in [0.15, 0.2) is 72.4 Å². The van der Waals surface area contributed by atoms with Gasteiger partial charge in [-0.25, -0.2) is 4.98 Å². The summed E-state index contributed by atoms with van der Waals surface area (Å²) in [5, 5.41) is 26.9. The van der Waals surface area contributed by atoms with E-state index in [2.05, 4.69) is 21.4 Å². The molecule has 8 heteroatoms. The zero-order chi connectivity index (χ0) is 20.2. The lowest BCUT2D eigenvalue weighted by Crippen LogP contribution is -1.92. The van der Waals surface area contributed by atoms with E-state index in [0.29, 0.717) is 21.8 Å². The van der Waals surface area contributed by atoms with Gasteiger partial charge in [-0.05, 0) is 24.3 Å². The maximum Gasteiger partial charge on any atom is 0.270 e. The number of nitro benzene ring substituents is 1. The molecule has 0 saturated heterocycles. The third kappa shape index (κ3) is 3.95. The summed E-state index contributed by atoms with van der Waals surface area (Å²) in [4.78, 5) is 19.3. The Balaban J connectivity index is 1.58. The third-order valence-corrected chi connectivity index (χ3v) is 5.07. The van der Waals surface area contributed by atoms with Crippen molar-refractivity contribution in [2.45, 2.75) is 0 Å². The summed E-state index contributed by atoms with van der Waals surface area (Å²) in [6.07, 6.45) is 3.35. The minimum Gasteiger partial charge on any atom is -0.360 e. The number of allylic oxidation sites excluding steroid dienone is 1.